The van der Waals surface area contributed by atoms with Crippen LogP contribution in [0.3, 0.4) is 0 Å². The molecule has 2 rings (SSSR count). The summed E-state index contributed by atoms with van der Waals surface area (Å²) in [5.74, 6) is -1.09. The van der Waals surface area contributed by atoms with E-state index in [0.717, 1.165) is 32.7 Å². The van der Waals surface area contributed by atoms with Crippen molar-refractivity contribution in [3.63, 3.8) is 0 Å². The molecule has 0 unspecified atom stereocenters. The van der Waals surface area contributed by atoms with Gasteiger partial charge in [-0.15, -0.1) is 0 Å². The summed E-state index contributed by atoms with van der Waals surface area (Å²) in [6.45, 7) is 5.18. The van der Waals surface area contributed by atoms with Crippen LogP contribution >= 0.6 is 23.2 Å². The third-order valence-electron chi connectivity index (χ3n) is 3.40. The number of ether oxygens (including phenoxy) is 1. The molecule has 1 aliphatic rings. The van der Waals surface area contributed by atoms with E-state index in [-0.39, 0.29) is 21.5 Å². The molecule has 116 valence electrons. The number of halogens is 2. The maximum atomic E-state index is 11.1. The maximum Gasteiger partial charge on any atom is 0.339 e. The Morgan fingerprint density at radius 3 is 2.67 bits per heavy atom. The number of piperazine rings is 1. The topological polar surface area (TPSA) is 65.9 Å². The Labute approximate surface area is 133 Å². The Morgan fingerprint density at radius 2 is 2.05 bits per heavy atom. The van der Waals surface area contributed by atoms with Gasteiger partial charge in [-0.05, 0) is 7.05 Å². The largest absolute Gasteiger partial charge is 0.478 e. The summed E-state index contributed by atoms with van der Waals surface area (Å²) in [6, 6.07) is 0. The van der Waals surface area contributed by atoms with Crippen LogP contribution in [0.15, 0.2) is 6.20 Å². The molecule has 1 aromatic rings. The zero-order valence-corrected chi connectivity index (χ0v) is 13.2. The Hall–Kier alpha value is -1.08. The third kappa shape index (κ3) is 4.20. The van der Waals surface area contributed by atoms with Crippen molar-refractivity contribution in [1.82, 2.24) is 14.8 Å². The van der Waals surface area contributed by atoms with Crippen LogP contribution in [0.25, 0.3) is 0 Å². The van der Waals surface area contributed by atoms with Gasteiger partial charge in [0.05, 0.1) is 11.2 Å². The van der Waals surface area contributed by atoms with E-state index < -0.39 is 5.97 Å². The standard InChI is InChI=1S/C13H17Cl2N3O3/c1-17-2-4-18(5-3-17)6-7-21-12-11(15)10(13(19)20)9(14)8-16-12/h8H,2-7H2,1H3,(H,19,20). The first-order chi connectivity index (χ1) is 9.99. The van der Waals surface area contributed by atoms with E-state index >= 15 is 0 Å². The predicted octanol–water partition coefficient (Wildman–Crippen LogP) is 1.71. The van der Waals surface area contributed by atoms with Crippen LogP contribution in [0.1, 0.15) is 10.4 Å². The highest BCUT2D eigenvalue weighted by atomic mass is 35.5. The van der Waals surface area contributed by atoms with Gasteiger partial charge in [0.2, 0.25) is 5.88 Å². The smallest absolute Gasteiger partial charge is 0.339 e. The SMILES string of the molecule is CN1CCN(CCOc2ncc(Cl)c(C(=O)O)c2Cl)CC1. The number of hydrogen-bond donors (Lipinski definition) is 1. The quantitative estimate of drug-likeness (QED) is 0.884. The van der Waals surface area contributed by atoms with Crippen molar-refractivity contribution in [1.29, 1.82) is 0 Å². The van der Waals surface area contributed by atoms with Gasteiger partial charge in [-0.3, -0.25) is 4.90 Å². The van der Waals surface area contributed by atoms with Gasteiger partial charge in [0.25, 0.3) is 0 Å². The molecule has 0 atom stereocenters. The number of aromatic nitrogens is 1. The molecular weight excluding hydrogens is 317 g/mol. The lowest BCUT2D eigenvalue weighted by Gasteiger charge is -2.32. The fourth-order valence-corrected chi connectivity index (χ4v) is 2.65. The van der Waals surface area contributed by atoms with E-state index in [9.17, 15) is 4.79 Å². The van der Waals surface area contributed by atoms with Crippen LogP contribution in [-0.4, -0.2) is 72.2 Å². The molecule has 0 aromatic carbocycles. The number of carboxylic acids is 1. The molecule has 21 heavy (non-hydrogen) atoms. The summed E-state index contributed by atoms with van der Waals surface area (Å²) in [6.07, 6.45) is 1.24. The predicted molar refractivity (Wildman–Crippen MR) is 80.6 cm³/mol. The molecule has 0 aliphatic carbocycles. The number of pyridine rings is 1. The molecule has 1 N–H and O–H groups in total. The molecule has 1 aromatic heterocycles. The Morgan fingerprint density at radius 1 is 1.38 bits per heavy atom. The van der Waals surface area contributed by atoms with Crippen molar-refractivity contribution in [2.45, 2.75) is 0 Å². The average molecular weight is 334 g/mol. The number of hydrogen-bond acceptors (Lipinski definition) is 5. The molecule has 0 bridgehead atoms. The lowest BCUT2D eigenvalue weighted by molar-refractivity contribution is 0.0696. The van der Waals surface area contributed by atoms with E-state index in [1.54, 1.807) is 0 Å². The highest BCUT2D eigenvalue weighted by molar-refractivity contribution is 6.39. The molecule has 1 saturated heterocycles. The van der Waals surface area contributed by atoms with Gasteiger partial charge < -0.3 is 14.7 Å². The molecule has 0 spiro atoms. The Bertz CT molecular complexity index is 520. The van der Waals surface area contributed by atoms with Gasteiger partial charge in [-0.1, -0.05) is 23.2 Å². The second kappa shape index (κ2) is 7.26. The number of rotatable bonds is 5. The van der Waals surface area contributed by atoms with Crippen LogP contribution < -0.4 is 4.74 Å². The van der Waals surface area contributed by atoms with Crippen molar-refractivity contribution < 1.29 is 14.6 Å². The van der Waals surface area contributed by atoms with Crippen LogP contribution in [0.4, 0.5) is 0 Å². The fourth-order valence-electron chi connectivity index (χ4n) is 2.09. The van der Waals surface area contributed by atoms with E-state index in [0.29, 0.717) is 6.61 Å². The number of carbonyl (C=O) groups is 1. The molecular formula is C13H17Cl2N3O3. The second-order valence-electron chi connectivity index (χ2n) is 4.90. The van der Waals surface area contributed by atoms with Crippen LogP contribution in [0.5, 0.6) is 5.88 Å². The minimum atomic E-state index is -1.20. The number of nitrogens with zero attached hydrogens (tertiary/aromatic N) is 3. The van der Waals surface area contributed by atoms with E-state index in [1.165, 1.54) is 6.20 Å². The second-order valence-corrected chi connectivity index (χ2v) is 5.68. The monoisotopic (exact) mass is 333 g/mol. The minimum Gasteiger partial charge on any atom is -0.478 e. The molecule has 6 nitrogen and oxygen atoms in total. The van der Waals surface area contributed by atoms with Crippen molar-refractivity contribution in [2.75, 3.05) is 46.4 Å². The Kier molecular flexibility index (Phi) is 5.64. The molecule has 0 saturated carbocycles. The molecule has 0 radical (unpaired) electrons. The van der Waals surface area contributed by atoms with E-state index in [1.807, 2.05) is 0 Å². The summed E-state index contributed by atoms with van der Waals surface area (Å²) >= 11 is 11.7. The van der Waals surface area contributed by atoms with Gasteiger partial charge >= 0.3 is 5.97 Å². The molecule has 8 heteroatoms. The minimum absolute atomic E-state index is 0.00100. The number of likely N-dealkylation sites (N-methyl/N-ethyl adjacent to an activating group) is 1. The van der Waals surface area contributed by atoms with Gasteiger partial charge in [-0.25, -0.2) is 9.78 Å². The summed E-state index contributed by atoms with van der Waals surface area (Å²) in [5, 5.41) is 9.00. The third-order valence-corrected chi connectivity index (χ3v) is 4.03. The van der Waals surface area contributed by atoms with Crippen molar-refractivity contribution in [3.05, 3.63) is 21.8 Å². The highest BCUT2D eigenvalue weighted by Gasteiger charge is 2.19. The van der Waals surface area contributed by atoms with E-state index in [4.69, 9.17) is 33.0 Å². The van der Waals surface area contributed by atoms with Crippen molar-refractivity contribution in [3.8, 4) is 5.88 Å². The van der Waals surface area contributed by atoms with Gasteiger partial charge in [0.1, 0.15) is 17.2 Å². The Balaban J connectivity index is 1.92. The average Bonchev–Trinajstić information content (AvgIpc) is 2.43. The summed E-state index contributed by atoms with van der Waals surface area (Å²) in [5.41, 5.74) is -0.178. The zero-order chi connectivity index (χ0) is 15.4. The zero-order valence-electron chi connectivity index (χ0n) is 11.7. The normalized spacial score (nSPS) is 16.9. The lowest BCUT2D eigenvalue weighted by Crippen LogP contribution is -2.45. The molecule has 1 fully saturated rings. The molecule has 0 amide bonds. The first-order valence-corrected chi connectivity index (χ1v) is 7.35. The number of carboxylic acid groups (broad SMARTS) is 1. The fraction of sp³-hybridized carbons (Fsp3) is 0.538. The first-order valence-electron chi connectivity index (χ1n) is 6.60. The highest BCUT2D eigenvalue weighted by Crippen LogP contribution is 2.31. The van der Waals surface area contributed by atoms with Crippen molar-refractivity contribution >= 4 is 29.2 Å². The van der Waals surface area contributed by atoms with Gasteiger partial charge in [0.15, 0.2) is 0 Å². The molecule has 1 aliphatic heterocycles. The molecule has 2 heterocycles. The van der Waals surface area contributed by atoms with Gasteiger partial charge in [-0.2, -0.15) is 0 Å². The van der Waals surface area contributed by atoms with E-state index in [2.05, 4.69) is 21.8 Å². The summed E-state index contributed by atoms with van der Waals surface area (Å²) in [4.78, 5) is 19.6. The van der Waals surface area contributed by atoms with Crippen LogP contribution in [-0.2, 0) is 0 Å². The first kappa shape index (κ1) is 16.3. The summed E-state index contributed by atoms with van der Waals surface area (Å²) < 4.78 is 5.49. The number of aromatic carboxylic acids is 1. The van der Waals surface area contributed by atoms with Crippen molar-refractivity contribution in [2.24, 2.45) is 0 Å². The van der Waals surface area contributed by atoms with Crippen LogP contribution in [0.2, 0.25) is 10.0 Å². The van der Waals surface area contributed by atoms with Crippen LogP contribution in [0, 0.1) is 0 Å². The summed E-state index contributed by atoms with van der Waals surface area (Å²) in [7, 11) is 2.10. The van der Waals surface area contributed by atoms with Gasteiger partial charge in [0, 0.05) is 32.7 Å². The maximum absolute atomic E-state index is 11.1. The lowest BCUT2D eigenvalue weighted by atomic mass is 10.2.